The topological polar surface area (TPSA) is 69.8 Å². The van der Waals surface area contributed by atoms with Crippen LogP contribution >= 0.6 is 0 Å². The molecule has 0 bridgehead atoms. The highest BCUT2D eigenvalue weighted by molar-refractivity contribution is 5.73. The molecule has 2 unspecified atom stereocenters. The Balaban J connectivity index is 2.56. The summed E-state index contributed by atoms with van der Waals surface area (Å²) in [6.45, 7) is 7.99. The summed E-state index contributed by atoms with van der Waals surface area (Å²) in [5, 5.41) is 9.00. The lowest BCUT2D eigenvalue weighted by molar-refractivity contribution is -0.144. The lowest BCUT2D eigenvalue weighted by atomic mass is 10.1. The third-order valence-corrected chi connectivity index (χ3v) is 3.15. The third-order valence-electron chi connectivity index (χ3n) is 3.15. The highest BCUT2D eigenvalue weighted by Crippen LogP contribution is 2.11. The van der Waals surface area contributed by atoms with Gasteiger partial charge in [0.1, 0.15) is 6.04 Å². The maximum Gasteiger partial charge on any atom is 0.322 e. The number of rotatable bonds is 4. The third kappa shape index (κ3) is 2.90. The van der Waals surface area contributed by atoms with E-state index in [-0.39, 0.29) is 6.54 Å². The Morgan fingerprint density at radius 1 is 1.60 bits per heavy atom. The molecule has 0 radical (unpaired) electrons. The highest BCUT2D eigenvalue weighted by Gasteiger charge is 2.30. The minimum Gasteiger partial charge on any atom is -0.480 e. The normalized spacial score (nSPS) is 26.5. The maximum atomic E-state index is 11.0. The number of hydrogen-bond donors (Lipinski definition) is 2. The molecular weight excluding hydrogens is 194 g/mol. The van der Waals surface area contributed by atoms with E-state index in [0.29, 0.717) is 6.04 Å². The molecular formula is C10H21N3O2. The van der Waals surface area contributed by atoms with Gasteiger partial charge in [0.25, 0.3) is 0 Å². The van der Waals surface area contributed by atoms with E-state index in [1.165, 1.54) is 0 Å². The van der Waals surface area contributed by atoms with Crippen molar-refractivity contribution in [3.8, 4) is 0 Å². The maximum absolute atomic E-state index is 11.0. The molecule has 1 rings (SSSR count). The average Bonchev–Trinajstić information content (AvgIpc) is 2.18. The zero-order valence-corrected chi connectivity index (χ0v) is 9.52. The lowest BCUT2D eigenvalue weighted by Crippen LogP contribution is -2.58. The van der Waals surface area contributed by atoms with Gasteiger partial charge in [-0.3, -0.25) is 14.6 Å². The molecule has 5 heteroatoms. The molecule has 1 aliphatic heterocycles. The van der Waals surface area contributed by atoms with E-state index in [1.807, 2.05) is 4.90 Å². The number of piperazine rings is 1. The summed E-state index contributed by atoms with van der Waals surface area (Å²) in [4.78, 5) is 15.3. The SMILES string of the molecule is CCN1CCN(C(CN)C(=O)O)CC1C. The summed E-state index contributed by atoms with van der Waals surface area (Å²) in [7, 11) is 0. The number of nitrogens with two attached hydrogens (primary N) is 1. The molecule has 1 aliphatic rings. The number of likely N-dealkylation sites (N-methyl/N-ethyl adjacent to an activating group) is 1. The van der Waals surface area contributed by atoms with Gasteiger partial charge in [-0.1, -0.05) is 6.92 Å². The van der Waals surface area contributed by atoms with E-state index >= 15 is 0 Å². The summed E-state index contributed by atoms with van der Waals surface area (Å²) in [5.74, 6) is -0.811. The zero-order chi connectivity index (χ0) is 11.4. The fraction of sp³-hybridized carbons (Fsp3) is 0.900. The van der Waals surface area contributed by atoms with Crippen LogP contribution in [-0.4, -0.2) is 65.7 Å². The smallest absolute Gasteiger partial charge is 0.322 e. The van der Waals surface area contributed by atoms with Gasteiger partial charge in [0.2, 0.25) is 0 Å². The van der Waals surface area contributed by atoms with Crippen LogP contribution in [0.4, 0.5) is 0 Å². The second-order valence-electron chi connectivity index (χ2n) is 4.06. The molecule has 3 N–H and O–H groups in total. The number of carboxylic acids is 1. The first kappa shape index (κ1) is 12.4. The van der Waals surface area contributed by atoms with Crippen LogP contribution in [0.25, 0.3) is 0 Å². The van der Waals surface area contributed by atoms with Crippen molar-refractivity contribution >= 4 is 5.97 Å². The number of nitrogens with zero attached hydrogens (tertiary/aromatic N) is 2. The highest BCUT2D eigenvalue weighted by atomic mass is 16.4. The summed E-state index contributed by atoms with van der Waals surface area (Å²) < 4.78 is 0. The Morgan fingerprint density at radius 3 is 2.67 bits per heavy atom. The van der Waals surface area contributed by atoms with Crippen molar-refractivity contribution in [3.05, 3.63) is 0 Å². The molecule has 0 aromatic heterocycles. The van der Waals surface area contributed by atoms with Gasteiger partial charge in [0.15, 0.2) is 0 Å². The zero-order valence-electron chi connectivity index (χ0n) is 9.52. The average molecular weight is 215 g/mol. The fourth-order valence-electron chi connectivity index (χ4n) is 2.18. The molecule has 5 nitrogen and oxygen atoms in total. The van der Waals surface area contributed by atoms with Gasteiger partial charge < -0.3 is 10.8 Å². The first-order valence-corrected chi connectivity index (χ1v) is 5.51. The van der Waals surface area contributed by atoms with Crippen molar-refractivity contribution in [2.45, 2.75) is 25.9 Å². The van der Waals surface area contributed by atoms with Crippen LogP contribution in [0.5, 0.6) is 0 Å². The molecule has 88 valence electrons. The van der Waals surface area contributed by atoms with Crippen LogP contribution in [0.3, 0.4) is 0 Å². The van der Waals surface area contributed by atoms with Crippen molar-refractivity contribution in [2.75, 3.05) is 32.7 Å². The molecule has 15 heavy (non-hydrogen) atoms. The molecule has 0 aromatic carbocycles. The molecule has 0 amide bonds. The van der Waals surface area contributed by atoms with E-state index in [2.05, 4.69) is 18.7 Å². The van der Waals surface area contributed by atoms with Crippen molar-refractivity contribution in [1.29, 1.82) is 0 Å². The molecule has 2 atom stereocenters. The van der Waals surface area contributed by atoms with Crippen LogP contribution in [0, 0.1) is 0 Å². The molecule has 0 saturated carbocycles. The summed E-state index contributed by atoms with van der Waals surface area (Å²) in [6.07, 6.45) is 0. The second-order valence-corrected chi connectivity index (χ2v) is 4.06. The molecule has 1 saturated heterocycles. The van der Waals surface area contributed by atoms with Gasteiger partial charge in [-0.25, -0.2) is 0 Å². The van der Waals surface area contributed by atoms with E-state index in [4.69, 9.17) is 10.8 Å². The largest absolute Gasteiger partial charge is 0.480 e. The Labute approximate surface area is 90.8 Å². The van der Waals surface area contributed by atoms with Crippen LogP contribution in [-0.2, 0) is 4.79 Å². The molecule has 1 heterocycles. The van der Waals surface area contributed by atoms with Gasteiger partial charge in [-0.15, -0.1) is 0 Å². The minimum absolute atomic E-state index is 0.189. The minimum atomic E-state index is -0.811. The summed E-state index contributed by atoms with van der Waals surface area (Å²) in [5.41, 5.74) is 5.48. The van der Waals surface area contributed by atoms with Crippen LogP contribution in [0.1, 0.15) is 13.8 Å². The predicted molar refractivity (Wildman–Crippen MR) is 58.8 cm³/mol. The Bertz CT molecular complexity index is 223. The Hall–Kier alpha value is -0.650. The first-order valence-electron chi connectivity index (χ1n) is 5.51. The Kier molecular flexibility index (Phi) is 4.50. The van der Waals surface area contributed by atoms with E-state index < -0.39 is 12.0 Å². The van der Waals surface area contributed by atoms with Crippen LogP contribution in [0.2, 0.25) is 0 Å². The van der Waals surface area contributed by atoms with Gasteiger partial charge in [0.05, 0.1) is 0 Å². The van der Waals surface area contributed by atoms with E-state index in [9.17, 15) is 4.79 Å². The molecule has 0 aliphatic carbocycles. The molecule has 1 fully saturated rings. The van der Waals surface area contributed by atoms with Crippen molar-refractivity contribution in [2.24, 2.45) is 5.73 Å². The number of carboxylic acid groups (broad SMARTS) is 1. The summed E-state index contributed by atoms with van der Waals surface area (Å²) >= 11 is 0. The van der Waals surface area contributed by atoms with Crippen LogP contribution < -0.4 is 5.73 Å². The second kappa shape index (κ2) is 5.44. The van der Waals surface area contributed by atoms with Crippen LogP contribution in [0.15, 0.2) is 0 Å². The van der Waals surface area contributed by atoms with E-state index in [0.717, 1.165) is 26.2 Å². The van der Waals surface area contributed by atoms with Crippen molar-refractivity contribution < 1.29 is 9.90 Å². The summed E-state index contributed by atoms with van der Waals surface area (Å²) in [6, 6.07) is -0.108. The Morgan fingerprint density at radius 2 is 2.27 bits per heavy atom. The predicted octanol–water partition coefficient (Wildman–Crippen LogP) is -0.576. The fourth-order valence-corrected chi connectivity index (χ4v) is 2.18. The standard InChI is InChI=1S/C10H21N3O2/c1-3-12-4-5-13(7-8(12)2)9(6-11)10(14)15/h8-9H,3-7,11H2,1-2H3,(H,14,15). The van der Waals surface area contributed by atoms with Gasteiger partial charge >= 0.3 is 5.97 Å². The number of carbonyl (C=O) groups is 1. The van der Waals surface area contributed by atoms with Gasteiger partial charge in [-0.05, 0) is 13.5 Å². The molecule has 0 spiro atoms. The lowest BCUT2D eigenvalue weighted by Gasteiger charge is -2.41. The van der Waals surface area contributed by atoms with E-state index in [1.54, 1.807) is 0 Å². The molecule has 0 aromatic rings. The van der Waals surface area contributed by atoms with Crippen molar-refractivity contribution in [1.82, 2.24) is 9.80 Å². The number of hydrogen-bond acceptors (Lipinski definition) is 4. The van der Waals surface area contributed by atoms with Crippen molar-refractivity contribution in [3.63, 3.8) is 0 Å². The van der Waals surface area contributed by atoms with Gasteiger partial charge in [0, 0.05) is 32.2 Å². The number of aliphatic carboxylic acids is 1. The first-order chi connectivity index (χ1) is 7.10. The van der Waals surface area contributed by atoms with Gasteiger partial charge in [-0.2, -0.15) is 0 Å². The quantitative estimate of drug-likeness (QED) is 0.657. The monoisotopic (exact) mass is 215 g/mol.